The summed E-state index contributed by atoms with van der Waals surface area (Å²) in [6.45, 7) is 0. The van der Waals surface area contributed by atoms with Crippen LogP contribution in [0.15, 0.2) is 22.7 Å². The average molecular weight is 340 g/mol. The van der Waals surface area contributed by atoms with Crippen LogP contribution in [0.4, 0.5) is 0 Å². The summed E-state index contributed by atoms with van der Waals surface area (Å²) in [6, 6.07) is 5.55. The lowest BCUT2D eigenvalue weighted by atomic mass is 10.2. The van der Waals surface area contributed by atoms with Crippen LogP contribution in [0.5, 0.6) is 0 Å². The molecule has 0 unspecified atom stereocenters. The van der Waals surface area contributed by atoms with Crippen LogP contribution in [0.1, 0.15) is 10.4 Å². The number of carbonyl (C=O) groups is 1. The first kappa shape index (κ1) is 9.98. The average Bonchev–Trinajstić information content (AvgIpc) is 2.08. The molecule has 0 radical (unpaired) electrons. The van der Waals surface area contributed by atoms with Gasteiger partial charge in [0, 0.05) is 15.1 Å². The highest BCUT2D eigenvalue weighted by atomic mass is 127. The van der Waals surface area contributed by atoms with Gasteiger partial charge in [-0.25, -0.2) is 0 Å². The summed E-state index contributed by atoms with van der Waals surface area (Å²) < 4.78 is 1.89. The molecule has 0 aromatic heterocycles. The largest absolute Gasteiger partial charge is 0.355 e. The molecule has 0 aliphatic carbocycles. The number of halogens is 2. The van der Waals surface area contributed by atoms with Crippen molar-refractivity contribution in [3.05, 3.63) is 31.8 Å². The van der Waals surface area contributed by atoms with Gasteiger partial charge in [-0.2, -0.15) is 0 Å². The fourth-order valence-electron chi connectivity index (χ4n) is 0.814. The van der Waals surface area contributed by atoms with Crippen molar-refractivity contribution in [3.8, 4) is 0 Å². The van der Waals surface area contributed by atoms with Crippen LogP contribution in [0.3, 0.4) is 0 Å². The predicted molar refractivity (Wildman–Crippen MR) is 60.2 cm³/mol. The summed E-state index contributed by atoms with van der Waals surface area (Å²) in [4.78, 5) is 11.2. The Morgan fingerprint density at radius 1 is 1.58 bits per heavy atom. The third-order valence-corrected chi connectivity index (χ3v) is 3.99. The van der Waals surface area contributed by atoms with Crippen molar-refractivity contribution >= 4 is 44.4 Å². The Morgan fingerprint density at radius 3 is 2.83 bits per heavy atom. The van der Waals surface area contributed by atoms with Crippen molar-refractivity contribution in [3.63, 3.8) is 0 Å². The van der Waals surface area contributed by atoms with Gasteiger partial charge in [0.05, 0.1) is 5.56 Å². The highest BCUT2D eigenvalue weighted by Crippen LogP contribution is 2.22. The minimum atomic E-state index is -0.0549. The van der Waals surface area contributed by atoms with Crippen LogP contribution in [0, 0.1) is 3.57 Å². The van der Waals surface area contributed by atoms with E-state index in [1.807, 2.05) is 12.1 Å². The lowest BCUT2D eigenvalue weighted by Gasteiger charge is -2.03. The molecule has 0 saturated carbocycles. The van der Waals surface area contributed by atoms with E-state index in [1.165, 1.54) is 0 Å². The maximum Gasteiger partial charge on any atom is 0.252 e. The van der Waals surface area contributed by atoms with Crippen molar-refractivity contribution in [2.75, 3.05) is 7.05 Å². The van der Waals surface area contributed by atoms with E-state index < -0.39 is 0 Å². The SMILES string of the molecule is CNC(=O)c1cccc(Br)c1I. The Balaban J connectivity index is 3.16. The number of benzene rings is 1. The van der Waals surface area contributed by atoms with E-state index in [1.54, 1.807) is 13.1 Å². The quantitative estimate of drug-likeness (QED) is 0.782. The van der Waals surface area contributed by atoms with Gasteiger partial charge in [-0.1, -0.05) is 6.07 Å². The standard InChI is InChI=1S/C8H7BrINO/c1-11-8(12)5-3-2-4-6(9)7(5)10/h2-4H,1H3,(H,11,12). The minimum absolute atomic E-state index is 0.0549. The molecule has 1 aromatic rings. The molecule has 0 fully saturated rings. The number of hydrogen-bond acceptors (Lipinski definition) is 1. The van der Waals surface area contributed by atoms with Gasteiger partial charge in [-0.3, -0.25) is 4.79 Å². The Bertz CT molecular complexity index is 314. The molecule has 1 aromatic carbocycles. The summed E-state index contributed by atoms with van der Waals surface area (Å²) in [6.07, 6.45) is 0. The third kappa shape index (κ3) is 1.98. The van der Waals surface area contributed by atoms with Crippen LogP contribution < -0.4 is 5.32 Å². The molecule has 1 rings (SSSR count). The van der Waals surface area contributed by atoms with Crippen LogP contribution in [0.2, 0.25) is 0 Å². The van der Waals surface area contributed by atoms with Gasteiger partial charge in [0.25, 0.3) is 5.91 Å². The van der Waals surface area contributed by atoms with Crippen LogP contribution in [-0.4, -0.2) is 13.0 Å². The van der Waals surface area contributed by atoms with Crippen LogP contribution >= 0.6 is 38.5 Å². The van der Waals surface area contributed by atoms with E-state index in [4.69, 9.17) is 0 Å². The number of nitrogens with one attached hydrogen (secondary N) is 1. The van der Waals surface area contributed by atoms with E-state index in [0.29, 0.717) is 5.56 Å². The van der Waals surface area contributed by atoms with E-state index in [9.17, 15) is 4.79 Å². The fourth-order valence-corrected chi connectivity index (χ4v) is 1.78. The molecule has 4 heteroatoms. The lowest BCUT2D eigenvalue weighted by molar-refractivity contribution is 0.0962. The third-order valence-electron chi connectivity index (χ3n) is 1.42. The van der Waals surface area contributed by atoms with E-state index in [2.05, 4.69) is 43.8 Å². The molecule has 1 amide bonds. The Hall–Kier alpha value is -0.100. The summed E-state index contributed by atoms with van der Waals surface area (Å²) in [5, 5.41) is 2.58. The summed E-state index contributed by atoms with van der Waals surface area (Å²) >= 11 is 5.49. The molecule has 0 atom stereocenters. The van der Waals surface area contributed by atoms with Gasteiger partial charge < -0.3 is 5.32 Å². The molecule has 0 aliphatic heterocycles. The minimum Gasteiger partial charge on any atom is -0.355 e. The van der Waals surface area contributed by atoms with Crippen molar-refractivity contribution in [1.29, 1.82) is 0 Å². The number of rotatable bonds is 1. The molecular weight excluding hydrogens is 333 g/mol. The van der Waals surface area contributed by atoms with E-state index in [-0.39, 0.29) is 5.91 Å². The van der Waals surface area contributed by atoms with Gasteiger partial charge in [0.2, 0.25) is 0 Å². The first-order chi connectivity index (χ1) is 5.66. The molecule has 0 bridgehead atoms. The molecule has 12 heavy (non-hydrogen) atoms. The van der Waals surface area contributed by atoms with E-state index in [0.717, 1.165) is 8.04 Å². The molecule has 0 saturated heterocycles. The Labute approximate surface area is 93.0 Å². The highest BCUT2D eigenvalue weighted by molar-refractivity contribution is 14.1. The zero-order chi connectivity index (χ0) is 9.14. The maximum absolute atomic E-state index is 11.2. The first-order valence-electron chi connectivity index (χ1n) is 3.33. The molecule has 64 valence electrons. The number of carbonyl (C=O) groups excluding carboxylic acids is 1. The van der Waals surface area contributed by atoms with Gasteiger partial charge >= 0.3 is 0 Å². The molecule has 0 heterocycles. The van der Waals surface area contributed by atoms with Gasteiger partial charge in [0.15, 0.2) is 0 Å². The summed E-state index contributed by atoms with van der Waals surface area (Å²) in [7, 11) is 1.62. The van der Waals surface area contributed by atoms with E-state index >= 15 is 0 Å². The fraction of sp³-hybridized carbons (Fsp3) is 0.125. The maximum atomic E-state index is 11.2. The second kappa shape index (κ2) is 4.23. The molecule has 0 spiro atoms. The predicted octanol–water partition coefficient (Wildman–Crippen LogP) is 2.41. The summed E-state index contributed by atoms with van der Waals surface area (Å²) in [5.41, 5.74) is 0.701. The summed E-state index contributed by atoms with van der Waals surface area (Å²) in [5.74, 6) is -0.0549. The Morgan fingerprint density at radius 2 is 2.25 bits per heavy atom. The van der Waals surface area contributed by atoms with Crippen molar-refractivity contribution in [2.45, 2.75) is 0 Å². The lowest BCUT2D eigenvalue weighted by Crippen LogP contribution is -2.18. The second-order valence-corrected chi connectivity index (χ2v) is 4.11. The first-order valence-corrected chi connectivity index (χ1v) is 5.20. The van der Waals surface area contributed by atoms with Crippen molar-refractivity contribution in [1.82, 2.24) is 5.32 Å². The molecule has 2 nitrogen and oxygen atoms in total. The molecule has 1 N–H and O–H groups in total. The van der Waals surface area contributed by atoms with Crippen LogP contribution in [-0.2, 0) is 0 Å². The highest BCUT2D eigenvalue weighted by Gasteiger charge is 2.08. The zero-order valence-corrected chi connectivity index (χ0v) is 10.1. The van der Waals surface area contributed by atoms with Gasteiger partial charge in [-0.15, -0.1) is 0 Å². The zero-order valence-electron chi connectivity index (χ0n) is 6.40. The smallest absolute Gasteiger partial charge is 0.252 e. The number of amides is 1. The topological polar surface area (TPSA) is 29.1 Å². The van der Waals surface area contributed by atoms with Crippen molar-refractivity contribution < 1.29 is 4.79 Å². The monoisotopic (exact) mass is 339 g/mol. The second-order valence-electron chi connectivity index (χ2n) is 2.18. The molecular formula is C8H7BrINO. The normalized spacial score (nSPS) is 9.58. The van der Waals surface area contributed by atoms with Gasteiger partial charge in [0.1, 0.15) is 0 Å². The number of hydrogen-bond donors (Lipinski definition) is 1. The van der Waals surface area contributed by atoms with Crippen molar-refractivity contribution in [2.24, 2.45) is 0 Å². The van der Waals surface area contributed by atoms with Gasteiger partial charge in [-0.05, 0) is 50.7 Å². The van der Waals surface area contributed by atoms with Crippen LogP contribution in [0.25, 0.3) is 0 Å². The molecule has 0 aliphatic rings. The Kier molecular flexibility index (Phi) is 3.52.